The van der Waals surface area contributed by atoms with Gasteiger partial charge in [-0.15, -0.1) is 5.10 Å². The summed E-state index contributed by atoms with van der Waals surface area (Å²) in [6.45, 7) is 11.9. The van der Waals surface area contributed by atoms with Crippen LogP contribution in [0, 0.1) is 12.3 Å². The Kier molecular flexibility index (Phi) is 7.01. The Hall–Kier alpha value is -3.83. The molecule has 1 amide bonds. The summed E-state index contributed by atoms with van der Waals surface area (Å²) in [6.07, 6.45) is 6.06. The molecule has 1 N–H and O–H groups in total. The minimum Gasteiger partial charge on any atom is -0.356 e. The van der Waals surface area contributed by atoms with Crippen molar-refractivity contribution in [1.82, 2.24) is 45.2 Å². The number of tetrazole rings is 1. The molecular weight excluding hydrogens is 528 g/mol. The van der Waals surface area contributed by atoms with Crippen LogP contribution in [-0.4, -0.2) is 78.0 Å². The molecule has 0 bridgehead atoms. The highest BCUT2D eigenvalue weighted by Gasteiger charge is 2.48. The van der Waals surface area contributed by atoms with Gasteiger partial charge in [-0.3, -0.25) is 14.4 Å². The van der Waals surface area contributed by atoms with Crippen LogP contribution >= 0.6 is 11.6 Å². The number of amides is 1. The number of anilines is 1. The number of hydrogen-bond donors (Lipinski definition) is 1. The number of carbonyl (C=O) groups is 1. The van der Waals surface area contributed by atoms with E-state index < -0.39 is 0 Å². The van der Waals surface area contributed by atoms with Gasteiger partial charge in [0.05, 0.1) is 24.0 Å². The van der Waals surface area contributed by atoms with Crippen LogP contribution in [0.3, 0.4) is 0 Å². The number of carbonyl (C=O) groups excluding carboxylic acids is 1. The van der Waals surface area contributed by atoms with Crippen LogP contribution in [0.15, 0.2) is 49.1 Å². The molecule has 208 valence electrons. The van der Waals surface area contributed by atoms with E-state index in [1.54, 1.807) is 29.2 Å². The topological polar surface area (TPSA) is 110 Å². The highest BCUT2D eigenvalue weighted by molar-refractivity contribution is 6.30. The number of rotatable bonds is 8. The van der Waals surface area contributed by atoms with Crippen molar-refractivity contribution in [1.29, 1.82) is 0 Å². The molecule has 6 rings (SSSR count). The number of hydrogen-bond acceptors (Lipinski definition) is 8. The second-order valence-electron chi connectivity index (χ2n) is 11.2. The lowest BCUT2D eigenvalue weighted by molar-refractivity contribution is -0.00563. The lowest BCUT2D eigenvalue weighted by Crippen LogP contribution is -2.59. The standard InChI is InChI=1S/C28H33ClN10O/c1-19(2)37-16-28(17-37)8-9-36(15-28)26-7-4-21(20(3)33-26)13-38-14-23(12-32-38)27(40)30-11-22-10-24(29)5-6-25(22)39-18-31-34-35-39/h4-7,10,12,14,18-19H,8-9,11,13,15-17H2,1-3H3,(H,30,40). The minimum atomic E-state index is -0.228. The largest absolute Gasteiger partial charge is 0.356 e. The van der Waals surface area contributed by atoms with Crippen molar-refractivity contribution in [3.05, 3.63) is 76.5 Å². The number of aryl methyl sites for hydroxylation is 1. The molecule has 0 atom stereocenters. The van der Waals surface area contributed by atoms with Crippen LogP contribution in [0.5, 0.6) is 0 Å². The predicted molar refractivity (Wildman–Crippen MR) is 152 cm³/mol. The number of halogens is 1. The molecular formula is C28H33ClN10O. The molecule has 0 unspecified atom stereocenters. The molecule has 40 heavy (non-hydrogen) atoms. The average molecular weight is 561 g/mol. The average Bonchev–Trinajstić information content (AvgIpc) is 3.69. The van der Waals surface area contributed by atoms with E-state index in [0.29, 0.717) is 28.6 Å². The van der Waals surface area contributed by atoms with Crippen LogP contribution < -0.4 is 10.2 Å². The maximum absolute atomic E-state index is 12.9. The molecule has 2 aliphatic rings. The third-order valence-electron chi connectivity index (χ3n) is 8.05. The molecule has 5 heterocycles. The molecule has 1 aromatic carbocycles. The molecule has 4 aromatic rings. The Bertz CT molecular complexity index is 1510. The van der Waals surface area contributed by atoms with E-state index in [2.05, 4.69) is 61.7 Å². The molecule has 2 saturated heterocycles. The Labute approximate surface area is 238 Å². The highest BCUT2D eigenvalue weighted by Crippen LogP contribution is 2.41. The van der Waals surface area contributed by atoms with E-state index in [0.717, 1.165) is 41.4 Å². The van der Waals surface area contributed by atoms with Crippen molar-refractivity contribution in [2.24, 2.45) is 5.41 Å². The molecule has 0 aliphatic carbocycles. The summed E-state index contributed by atoms with van der Waals surface area (Å²) in [7, 11) is 0. The molecule has 12 heteroatoms. The molecule has 1 spiro atoms. The van der Waals surface area contributed by atoms with Gasteiger partial charge in [-0.2, -0.15) is 5.10 Å². The molecule has 11 nitrogen and oxygen atoms in total. The number of nitrogens with one attached hydrogen (secondary N) is 1. The van der Waals surface area contributed by atoms with Gasteiger partial charge in [0, 0.05) is 61.1 Å². The zero-order chi connectivity index (χ0) is 27.9. The van der Waals surface area contributed by atoms with E-state index >= 15 is 0 Å². The van der Waals surface area contributed by atoms with Gasteiger partial charge >= 0.3 is 0 Å². The van der Waals surface area contributed by atoms with E-state index in [4.69, 9.17) is 16.6 Å². The van der Waals surface area contributed by atoms with Crippen molar-refractivity contribution in [2.45, 2.75) is 46.3 Å². The smallest absolute Gasteiger partial charge is 0.254 e. The van der Waals surface area contributed by atoms with Gasteiger partial charge in [-0.1, -0.05) is 17.7 Å². The van der Waals surface area contributed by atoms with Crippen LogP contribution in [0.4, 0.5) is 5.82 Å². The quantitative estimate of drug-likeness (QED) is 0.350. The molecule has 0 saturated carbocycles. The van der Waals surface area contributed by atoms with E-state index in [9.17, 15) is 4.79 Å². The zero-order valence-electron chi connectivity index (χ0n) is 23.0. The summed E-state index contributed by atoms with van der Waals surface area (Å²) in [5.41, 5.74) is 4.49. The lowest BCUT2D eigenvalue weighted by Gasteiger charge is -2.50. The SMILES string of the molecule is Cc1nc(N2CCC3(C2)CN(C(C)C)C3)ccc1Cn1cc(C(=O)NCc2cc(Cl)ccc2-n2cnnn2)cn1. The van der Waals surface area contributed by atoms with Gasteiger partial charge in [-0.25, -0.2) is 9.67 Å². The van der Waals surface area contributed by atoms with Crippen molar-refractivity contribution < 1.29 is 4.79 Å². The first kappa shape index (κ1) is 26.4. The maximum Gasteiger partial charge on any atom is 0.254 e. The van der Waals surface area contributed by atoms with Gasteiger partial charge in [0.25, 0.3) is 5.91 Å². The van der Waals surface area contributed by atoms with Gasteiger partial charge in [0.1, 0.15) is 12.1 Å². The summed E-state index contributed by atoms with van der Waals surface area (Å²) in [5, 5.41) is 19.2. The Morgan fingerprint density at radius 1 is 1.15 bits per heavy atom. The first-order chi connectivity index (χ1) is 19.3. The van der Waals surface area contributed by atoms with Crippen LogP contribution in [-0.2, 0) is 13.1 Å². The molecule has 2 aliphatic heterocycles. The number of nitrogens with zero attached hydrogens (tertiary/aromatic N) is 9. The zero-order valence-corrected chi connectivity index (χ0v) is 23.7. The lowest BCUT2D eigenvalue weighted by atomic mass is 9.78. The Balaban J connectivity index is 1.07. The van der Waals surface area contributed by atoms with E-state index in [1.165, 1.54) is 30.5 Å². The fraction of sp³-hybridized carbons (Fsp3) is 0.429. The molecule has 0 radical (unpaired) electrons. The summed E-state index contributed by atoms with van der Waals surface area (Å²) in [5.74, 6) is 0.817. The number of benzene rings is 1. The van der Waals surface area contributed by atoms with Crippen LogP contribution in [0.2, 0.25) is 5.02 Å². The second kappa shape index (κ2) is 10.6. The predicted octanol–water partition coefficient (Wildman–Crippen LogP) is 3.11. The second-order valence-corrected chi connectivity index (χ2v) is 11.7. The maximum atomic E-state index is 12.9. The Morgan fingerprint density at radius 2 is 2.00 bits per heavy atom. The first-order valence-corrected chi connectivity index (χ1v) is 13.9. The Morgan fingerprint density at radius 3 is 2.75 bits per heavy atom. The van der Waals surface area contributed by atoms with Crippen LogP contribution in [0.1, 0.15) is 47.4 Å². The first-order valence-electron chi connectivity index (χ1n) is 13.6. The van der Waals surface area contributed by atoms with Crippen molar-refractivity contribution in [3.8, 4) is 5.69 Å². The molecule has 3 aromatic heterocycles. The van der Waals surface area contributed by atoms with Crippen molar-refractivity contribution >= 4 is 23.3 Å². The summed E-state index contributed by atoms with van der Waals surface area (Å²) >= 11 is 6.19. The minimum absolute atomic E-state index is 0.228. The summed E-state index contributed by atoms with van der Waals surface area (Å²) in [6, 6.07) is 10.2. The van der Waals surface area contributed by atoms with E-state index in [-0.39, 0.29) is 12.5 Å². The number of aromatic nitrogens is 7. The normalized spacial score (nSPS) is 16.6. The van der Waals surface area contributed by atoms with Gasteiger partial charge in [0.2, 0.25) is 0 Å². The fourth-order valence-corrected chi connectivity index (χ4v) is 5.89. The van der Waals surface area contributed by atoms with Crippen molar-refractivity contribution in [3.63, 3.8) is 0 Å². The molecule has 2 fully saturated rings. The highest BCUT2D eigenvalue weighted by atomic mass is 35.5. The third-order valence-corrected chi connectivity index (χ3v) is 8.29. The summed E-state index contributed by atoms with van der Waals surface area (Å²) in [4.78, 5) is 22.8. The van der Waals surface area contributed by atoms with Gasteiger partial charge in [0.15, 0.2) is 0 Å². The number of pyridine rings is 1. The van der Waals surface area contributed by atoms with E-state index in [1.807, 2.05) is 13.0 Å². The van der Waals surface area contributed by atoms with Crippen LogP contribution in [0.25, 0.3) is 5.69 Å². The monoisotopic (exact) mass is 560 g/mol. The van der Waals surface area contributed by atoms with Gasteiger partial charge in [-0.05, 0) is 73.0 Å². The third kappa shape index (κ3) is 5.31. The number of likely N-dealkylation sites (tertiary alicyclic amines) is 1. The fourth-order valence-electron chi connectivity index (χ4n) is 5.70. The van der Waals surface area contributed by atoms with Crippen molar-refractivity contribution in [2.75, 3.05) is 31.1 Å². The summed E-state index contributed by atoms with van der Waals surface area (Å²) < 4.78 is 3.30. The van der Waals surface area contributed by atoms with Gasteiger partial charge < -0.3 is 10.2 Å².